The van der Waals surface area contributed by atoms with E-state index in [-0.39, 0.29) is 10.8 Å². The SMILES string of the molecule is CN(Cc1cccs1)S(=O)(=O)c1ccc(CCl)c(Cl)c1. The molecule has 1 aromatic carbocycles. The van der Waals surface area contributed by atoms with Crippen molar-refractivity contribution in [1.29, 1.82) is 0 Å². The van der Waals surface area contributed by atoms with Crippen molar-refractivity contribution >= 4 is 44.6 Å². The van der Waals surface area contributed by atoms with Gasteiger partial charge in [0.15, 0.2) is 0 Å². The number of rotatable bonds is 5. The molecule has 0 atom stereocenters. The van der Waals surface area contributed by atoms with E-state index < -0.39 is 10.0 Å². The zero-order valence-corrected chi connectivity index (χ0v) is 13.9. The highest BCUT2D eigenvalue weighted by molar-refractivity contribution is 7.89. The summed E-state index contributed by atoms with van der Waals surface area (Å²) < 4.78 is 26.2. The van der Waals surface area contributed by atoms with Crippen molar-refractivity contribution < 1.29 is 8.42 Å². The Morgan fingerprint density at radius 2 is 2.05 bits per heavy atom. The number of alkyl halides is 1. The van der Waals surface area contributed by atoms with Crippen molar-refractivity contribution in [3.8, 4) is 0 Å². The molecule has 2 aromatic rings. The first-order valence-electron chi connectivity index (χ1n) is 5.78. The lowest BCUT2D eigenvalue weighted by Gasteiger charge is -2.17. The van der Waals surface area contributed by atoms with Crippen molar-refractivity contribution in [3.05, 3.63) is 51.2 Å². The van der Waals surface area contributed by atoms with Gasteiger partial charge in [0.25, 0.3) is 0 Å². The summed E-state index contributed by atoms with van der Waals surface area (Å²) in [6, 6.07) is 8.41. The minimum atomic E-state index is -3.55. The van der Waals surface area contributed by atoms with E-state index in [0.29, 0.717) is 17.1 Å². The van der Waals surface area contributed by atoms with E-state index in [1.165, 1.54) is 27.8 Å². The number of hydrogen-bond donors (Lipinski definition) is 0. The van der Waals surface area contributed by atoms with Gasteiger partial charge in [0, 0.05) is 29.4 Å². The minimum Gasteiger partial charge on any atom is -0.207 e. The fraction of sp³-hybridized carbons (Fsp3) is 0.231. The molecule has 3 nitrogen and oxygen atoms in total. The van der Waals surface area contributed by atoms with Crippen molar-refractivity contribution in [2.75, 3.05) is 7.05 Å². The highest BCUT2D eigenvalue weighted by atomic mass is 35.5. The standard InChI is InChI=1S/C13H13Cl2NO2S2/c1-16(9-11-3-2-6-19-11)20(17,18)12-5-4-10(8-14)13(15)7-12/h2-7H,8-9H2,1H3. The summed E-state index contributed by atoms with van der Waals surface area (Å²) >= 11 is 13.3. The molecule has 1 heterocycles. The van der Waals surface area contributed by atoms with Gasteiger partial charge in [0.1, 0.15) is 0 Å². The van der Waals surface area contributed by atoms with Crippen LogP contribution in [0.3, 0.4) is 0 Å². The molecule has 0 saturated heterocycles. The molecule has 108 valence electrons. The Hall–Kier alpha value is -0.590. The van der Waals surface area contributed by atoms with Gasteiger partial charge >= 0.3 is 0 Å². The summed E-state index contributed by atoms with van der Waals surface area (Å²) in [6.45, 7) is 0.342. The Labute approximate surface area is 132 Å². The van der Waals surface area contributed by atoms with Gasteiger partial charge in [0.2, 0.25) is 10.0 Å². The quantitative estimate of drug-likeness (QED) is 0.766. The van der Waals surface area contributed by atoms with E-state index in [9.17, 15) is 8.42 Å². The summed E-state index contributed by atoms with van der Waals surface area (Å²) in [7, 11) is -2.00. The van der Waals surface area contributed by atoms with Crippen LogP contribution in [0.5, 0.6) is 0 Å². The summed E-state index contributed by atoms with van der Waals surface area (Å²) in [5.74, 6) is 0.254. The van der Waals surface area contributed by atoms with Crippen molar-refractivity contribution in [3.63, 3.8) is 0 Å². The van der Waals surface area contributed by atoms with Gasteiger partial charge in [-0.1, -0.05) is 23.7 Å². The van der Waals surface area contributed by atoms with Crippen LogP contribution in [0.1, 0.15) is 10.4 Å². The first-order chi connectivity index (χ1) is 9.45. The molecule has 0 aliphatic heterocycles. The van der Waals surface area contributed by atoms with E-state index in [2.05, 4.69) is 0 Å². The fourth-order valence-electron chi connectivity index (χ4n) is 1.68. The molecule has 0 bridgehead atoms. The zero-order valence-electron chi connectivity index (χ0n) is 10.7. The molecule has 0 saturated carbocycles. The van der Waals surface area contributed by atoms with Crippen molar-refractivity contribution in [2.24, 2.45) is 0 Å². The summed E-state index contributed by atoms with van der Waals surface area (Å²) in [5.41, 5.74) is 0.716. The van der Waals surface area contributed by atoms with Crippen molar-refractivity contribution in [1.82, 2.24) is 4.31 Å². The first kappa shape index (κ1) is 15.8. The fourth-order valence-corrected chi connectivity index (χ4v) is 4.31. The van der Waals surface area contributed by atoms with Gasteiger partial charge in [-0.2, -0.15) is 4.31 Å². The number of benzene rings is 1. The molecule has 7 heteroatoms. The molecular weight excluding hydrogens is 337 g/mol. The second-order valence-corrected chi connectivity index (χ2v) is 7.98. The maximum atomic E-state index is 12.4. The lowest BCUT2D eigenvalue weighted by atomic mass is 10.2. The van der Waals surface area contributed by atoms with Crippen LogP contribution in [0.2, 0.25) is 5.02 Å². The molecule has 0 aliphatic rings. The lowest BCUT2D eigenvalue weighted by molar-refractivity contribution is 0.469. The van der Waals surface area contributed by atoms with Gasteiger partial charge in [0.05, 0.1) is 4.90 Å². The maximum absolute atomic E-state index is 12.4. The van der Waals surface area contributed by atoms with E-state index in [1.807, 2.05) is 17.5 Å². The maximum Gasteiger partial charge on any atom is 0.243 e. The molecule has 0 amide bonds. The highest BCUT2D eigenvalue weighted by Crippen LogP contribution is 2.25. The molecule has 0 spiro atoms. The van der Waals surface area contributed by atoms with Crippen LogP contribution in [0.15, 0.2) is 40.6 Å². The van der Waals surface area contributed by atoms with Gasteiger partial charge in [-0.3, -0.25) is 0 Å². The third kappa shape index (κ3) is 3.35. The number of sulfonamides is 1. The predicted molar refractivity (Wildman–Crippen MR) is 84.0 cm³/mol. The molecule has 0 unspecified atom stereocenters. The van der Waals surface area contributed by atoms with Gasteiger partial charge in [-0.05, 0) is 29.1 Å². The Morgan fingerprint density at radius 3 is 2.60 bits per heavy atom. The lowest BCUT2D eigenvalue weighted by Crippen LogP contribution is -2.26. The molecule has 0 radical (unpaired) electrons. The number of halogens is 2. The number of hydrogen-bond acceptors (Lipinski definition) is 3. The molecule has 0 fully saturated rings. The Bertz CT molecular complexity index is 684. The second-order valence-electron chi connectivity index (χ2n) is 4.23. The molecule has 0 aliphatic carbocycles. The van der Waals surface area contributed by atoms with Crippen LogP contribution in [-0.4, -0.2) is 19.8 Å². The smallest absolute Gasteiger partial charge is 0.207 e. The summed E-state index contributed by atoms with van der Waals surface area (Å²) in [4.78, 5) is 1.16. The summed E-state index contributed by atoms with van der Waals surface area (Å²) in [6.07, 6.45) is 0. The third-order valence-electron chi connectivity index (χ3n) is 2.84. The van der Waals surface area contributed by atoms with Crippen molar-refractivity contribution in [2.45, 2.75) is 17.3 Å². The zero-order chi connectivity index (χ0) is 14.8. The van der Waals surface area contributed by atoms with Crippen LogP contribution in [0.4, 0.5) is 0 Å². The predicted octanol–water partition coefficient (Wildman–Crippen LogP) is 3.96. The number of nitrogens with zero attached hydrogens (tertiary/aromatic N) is 1. The van der Waals surface area contributed by atoms with Crippen LogP contribution in [0.25, 0.3) is 0 Å². The van der Waals surface area contributed by atoms with Crippen LogP contribution in [0, 0.1) is 0 Å². The van der Waals surface area contributed by atoms with E-state index in [4.69, 9.17) is 23.2 Å². The van der Waals surface area contributed by atoms with Gasteiger partial charge in [-0.25, -0.2) is 8.42 Å². The molecule has 20 heavy (non-hydrogen) atoms. The second kappa shape index (κ2) is 6.45. The average Bonchev–Trinajstić information content (AvgIpc) is 2.91. The van der Waals surface area contributed by atoms with Crippen LogP contribution < -0.4 is 0 Å². The largest absolute Gasteiger partial charge is 0.243 e. The Kier molecular flexibility index (Phi) is 5.09. The first-order valence-corrected chi connectivity index (χ1v) is 9.01. The van der Waals surface area contributed by atoms with Crippen LogP contribution >= 0.6 is 34.5 Å². The summed E-state index contributed by atoms with van der Waals surface area (Å²) in [5, 5.41) is 2.28. The molecule has 0 N–H and O–H groups in total. The van der Waals surface area contributed by atoms with E-state index in [0.717, 1.165) is 4.88 Å². The van der Waals surface area contributed by atoms with E-state index in [1.54, 1.807) is 13.1 Å². The molecule has 1 aromatic heterocycles. The van der Waals surface area contributed by atoms with Gasteiger partial charge < -0.3 is 0 Å². The molecular formula is C13H13Cl2NO2S2. The third-order valence-corrected chi connectivity index (χ3v) is 6.14. The monoisotopic (exact) mass is 349 g/mol. The topological polar surface area (TPSA) is 37.4 Å². The van der Waals surface area contributed by atoms with Gasteiger partial charge in [-0.15, -0.1) is 22.9 Å². The molecule has 2 rings (SSSR count). The average molecular weight is 350 g/mol. The Balaban J connectivity index is 2.27. The van der Waals surface area contributed by atoms with E-state index >= 15 is 0 Å². The Morgan fingerprint density at radius 1 is 1.30 bits per heavy atom. The van der Waals surface area contributed by atoms with Crippen LogP contribution in [-0.2, 0) is 22.4 Å². The number of thiophene rings is 1. The highest BCUT2D eigenvalue weighted by Gasteiger charge is 2.22. The normalized spacial score (nSPS) is 12.0. The minimum absolute atomic E-state index is 0.176.